The van der Waals surface area contributed by atoms with Crippen LogP contribution >= 0.6 is 0 Å². The van der Waals surface area contributed by atoms with E-state index < -0.39 is 0 Å². The van der Waals surface area contributed by atoms with E-state index >= 15 is 0 Å². The van der Waals surface area contributed by atoms with Gasteiger partial charge in [-0.3, -0.25) is 4.79 Å². The molecule has 3 heterocycles. The van der Waals surface area contributed by atoms with E-state index in [1.165, 1.54) is 57.4 Å². The lowest BCUT2D eigenvalue weighted by atomic mass is 10.0. The van der Waals surface area contributed by atoms with Crippen molar-refractivity contribution in [3.05, 3.63) is 36.0 Å². The Morgan fingerprint density at radius 2 is 1.80 bits per heavy atom. The van der Waals surface area contributed by atoms with Crippen LogP contribution in [0.15, 0.2) is 30.5 Å². The second kappa shape index (κ2) is 9.97. The Labute approximate surface area is 181 Å². The van der Waals surface area contributed by atoms with Gasteiger partial charge in [0.25, 0.3) is 5.91 Å². The molecular formula is C25H38N4O. The van der Waals surface area contributed by atoms with E-state index in [1.807, 2.05) is 6.07 Å². The van der Waals surface area contributed by atoms with Gasteiger partial charge in [-0.1, -0.05) is 32.0 Å². The van der Waals surface area contributed by atoms with E-state index in [0.717, 1.165) is 36.5 Å². The number of rotatable bonds is 8. The van der Waals surface area contributed by atoms with E-state index in [2.05, 4.69) is 57.9 Å². The minimum Gasteiger partial charge on any atom is -0.352 e. The number of nitrogens with zero attached hydrogens (tertiary/aromatic N) is 3. The van der Waals surface area contributed by atoms with Crippen molar-refractivity contribution in [2.45, 2.75) is 58.5 Å². The molecule has 2 saturated heterocycles. The Kier molecular flexibility index (Phi) is 7.11. The molecule has 2 aromatic rings. The topological polar surface area (TPSA) is 40.5 Å². The van der Waals surface area contributed by atoms with Crippen LogP contribution in [-0.4, -0.2) is 65.6 Å². The van der Waals surface area contributed by atoms with Crippen molar-refractivity contribution in [1.29, 1.82) is 0 Å². The molecule has 0 radical (unpaired) electrons. The van der Waals surface area contributed by atoms with Crippen LogP contribution in [-0.2, 0) is 6.54 Å². The van der Waals surface area contributed by atoms with Gasteiger partial charge in [0, 0.05) is 36.2 Å². The maximum Gasteiger partial charge on any atom is 0.253 e. The fourth-order valence-corrected chi connectivity index (χ4v) is 5.08. The zero-order valence-electron chi connectivity index (χ0n) is 18.8. The van der Waals surface area contributed by atoms with Crippen LogP contribution in [0.2, 0.25) is 0 Å². The third-order valence-electron chi connectivity index (χ3n) is 6.79. The number of para-hydroxylation sites is 1. The number of hydrogen-bond acceptors (Lipinski definition) is 3. The van der Waals surface area contributed by atoms with Gasteiger partial charge in [0.15, 0.2) is 0 Å². The van der Waals surface area contributed by atoms with Crippen molar-refractivity contribution in [2.75, 3.05) is 39.3 Å². The third-order valence-corrected chi connectivity index (χ3v) is 6.79. The first-order valence-electron chi connectivity index (χ1n) is 11.9. The molecule has 30 heavy (non-hydrogen) atoms. The number of piperidine rings is 1. The molecule has 0 saturated carbocycles. The number of amides is 1. The highest BCUT2D eigenvalue weighted by atomic mass is 16.1. The Morgan fingerprint density at radius 1 is 1.07 bits per heavy atom. The number of fused-ring (bicyclic) bond motifs is 1. The number of benzene rings is 1. The van der Waals surface area contributed by atoms with Crippen LogP contribution in [0.25, 0.3) is 10.9 Å². The number of nitrogens with one attached hydrogen (secondary N) is 1. The minimum atomic E-state index is 0.0441. The fraction of sp³-hybridized carbons (Fsp3) is 0.640. The summed E-state index contributed by atoms with van der Waals surface area (Å²) in [4.78, 5) is 18.1. The van der Waals surface area contributed by atoms with Crippen LogP contribution in [0.1, 0.15) is 56.3 Å². The van der Waals surface area contributed by atoms with Gasteiger partial charge < -0.3 is 19.7 Å². The van der Waals surface area contributed by atoms with Gasteiger partial charge in [-0.2, -0.15) is 0 Å². The summed E-state index contributed by atoms with van der Waals surface area (Å²) in [7, 11) is 0. The fourth-order valence-electron chi connectivity index (χ4n) is 5.08. The van der Waals surface area contributed by atoms with Gasteiger partial charge in [0.1, 0.15) is 0 Å². The average Bonchev–Trinajstić information content (AvgIpc) is 3.41. The van der Waals surface area contributed by atoms with Crippen molar-refractivity contribution >= 4 is 16.8 Å². The maximum absolute atomic E-state index is 12.7. The summed E-state index contributed by atoms with van der Waals surface area (Å²) in [5.74, 6) is 0.500. The smallest absolute Gasteiger partial charge is 0.253 e. The van der Waals surface area contributed by atoms with Crippen LogP contribution in [0.5, 0.6) is 0 Å². The normalized spacial score (nSPS) is 19.2. The summed E-state index contributed by atoms with van der Waals surface area (Å²) in [5.41, 5.74) is 1.97. The summed E-state index contributed by atoms with van der Waals surface area (Å²) in [5, 5.41) is 4.13. The largest absolute Gasteiger partial charge is 0.352 e. The van der Waals surface area contributed by atoms with Crippen molar-refractivity contribution in [3.8, 4) is 0 Å². The number of carbonyl (C=O) groups excluding carboxylic acids is 1. The molecule has 164 valence electrons. The number of likely N-dealkylation sites (tertiary alicyclic amines) is 2. The summed E-state index contributed by atoms with van der Waals surface area (Å²) in [6.45, 7) is 12.2. The molecule has 4 rings (SSSR count). The number of hydrogen-bond donors (Lipinski definition) is 1. The summed E-state index contributed by atoms with van der Waals surface area (Å²) >= 11 is 0. The van der Waals surface area contributed by atoms with Crippen molar-refractivity contribution in [2.24, 2.45) is 5.92 Å². The van der Waals surface area contributed by atoms with Crippen LogP contribution in [0, 0.1) is 5.92 Å². The van der Waals surface area contributed by atoms with Gasteiger partial charge in [-0.15, -0.1) is 0 Å². The molecule has 2 fully saturated rings. The maximum atomic E-state index is 12.7. The summed E-state index contributed by atoms with van der Waals surface area (Å²) < 4.78 is 2.27. The van der Waals surface area contributed by atoms with Crippen LogP contribution < -0.4 is 5.32 Å². The molecule has 0 unspecified atom stereocenters. The van der Waals surface area contributed by atoms with E-state index in [4.69, 9.17) is 0 Å². The summed E-state index contributed by atoms with van der Waals surface area (Å²) in [6.07, 6.45) is 8.62. The van der Waals surface area contributed by atoms with E-state index in [9.17, 15) is 4.79 Å². The molecule has 0 spiro atoms. The van der Waals surface area contributed by atoms with Gasteiger partial charge in [0.05, 0.1) is 5.56 Å². The van der Waals surface area contributed by atoms with E-state index in [0.29, 0.717) is 12.5 Å². The first-order valence-corrected chi connectivity index (χ1v) is 11.9. The van der Waals surface area contributed by atoms with Crippen molar-refractivity contribution in [3.63, 3.8) is 0 Å². The first kappa shape index (κ1) is 21.4. The van der Waals surface area contributed by atoms with Crippen LogP contribution in [0.3, 0.4) is 0 Å². The molecule has 0 atom stereocenters. The molecule has 2 aliphatic heterocycles. The second-order valence-corrected chi connectivity index (χ2v) is 9.53. The molecule has 1 aromatic carbocycles. The quantitative estimate of drug-likeness (QED) is 0.716. The first-order chi connectivity index (χ1) is 14.6. The molecule has 0 aliphatic carbocycles. The predicted octanol–water partition coefficient (Wildman–Crippen LogP) is 3.98. The molecule has 1 N–H and O–H groups in total. The highest BCUT2D eigenvalue weighted by Gasteiger charge is 2.26. The van der Waals surface area contributed by atoms with Crippen molar-refractivity contribution < 1.29 is 4.79 Å². The lowest BCUT2D eigenvalue weighted by Crippen LogP contribution is -2.44. The zero-order valence-corrected chi connectivity index (χ0v) is 18.8. The van der Waals surface area contributed by atoms with Gasteiger partial charge in [-0.05, 0) is 76.8 Å². The Balaban J connectivity index is 1.31. The lowest BCUT2D eigenvalue weighted by molar-refractivity contribution is 0.0950. The van der Waals surface area contributed by atoms with Crippen molar-refractivity contribution in [1.82, 2.24) is 19.7 Å². The van der Waals surface area contributed by atoms with Gasteiger partial charge >= 0.3 is 0 Å². The third kappa shape index (κ3) is 5.06. The minimum absolute atomic E-state index is 0.0441. The van der Waals surface area contributed by atoms with E-state index in [1.54, 1.807) is 0 Å². The highest BCUT2D eigenvalue weighted by molar-refractivity contribution is 6.07. The monoisotopic (exact) mass is 410 g/mol. The van der Waals surface area contributed by atoms with Gasteiger partial charge in [-0.25, -0.2) is 0 Å². The standard InChI is InChI=1S/C25H38N4O/c1-20(2)18-26-25(30)23-19-29(24-9-4-3-8-22(23)24)15-7-12-27-16-10-21(11-17-27)28-13-5-6-14-28/h3-4,8-9,19-21H,5-7,10-18H2,1-2H3,(H,26,30). The highest BCUT2D eigenvalue weighted by Crippen LogP contribution is 2.23. The van der Waals surface area contributed by atoms with E-state index in [-0.39, 0.29) is 5.91 Å². The molecule has 5 nitrogen and oxygen atoms in total. The predicted molar refractivity (Wildman–Crippen MR) is 124 cm³/mol. The molecule has 2 aliphatic rings. The molecule has 1 amide bonds. The molecule has 0 bridgehead atoms. The number of aryl methyl sites for hydroxylation is 1. The van der Waals surface area contributed by atoms with Gasteiger partial charge in [0.2, 0.25) is 0 Å². The summed E-state index contributed by atoms with van der Waals surface area (Å²) in [6, 6.07) is 9.12. The lowest BCUT2D eigenvalue weighted by Gasteiger charge is -2.36. The molecular weight excluding hydrogens is 372 g/mol. The Morgan fingerprint density at radius 3 is 2.53 bits per heavy atom. The second-order valence-electron chi connectivity index (χ2n) is 9.53. The van der Waals surface area contributed by atoms with Crippen LogP contribution in [0.4, 0.5) is 0 Å². The zero-order chi connectivity index (χ0) is 20.9. The Hall–Kier alpha value is -1.85. The SMILES string of the molecule is CC(C)CNC(=O)c1cn(CCCN2CCC(N3CCCC3)CC2)c2ccccc12. The molecule has 1 aromatic heterocycles. The molecule has 5 heteroatoms. The Bertz CT molecular complexity index is 829. The average molecular weight is 411 g/mol. The number of aromatic nitrogens is 1. The number of carbonyl (C=O) groups is 1.